The van der Waals surface area contributed by atoms with Gasteiger partial charge in [0.2, 0.25) is 0 Å². The quantitative estimate of drug-likeness (QED) is 0.673. The molecule has 14 heavy (non-hydrogen) atoms. The molecule has 5 nitrogen and oxygen atoms in total. The molecule has 0 fully saturated rings. The first-order valence-corrected chi connectivity index (χ1v) is 4.13. The molecule has 1 rings (SSSR count). The predicted octanol–water partition coefficient (Wildman–Crippen LogP) is 0.193. The number of nitrogens with zero attached hydrogens (tertiary/aromatic N) is 1. The molecule has 2 N–H and O–H groups in total. The summed E-state index contributed by atoms with van der Waals surface area (Å²) in [5.41, 5.74) is 0.538. The van der Waals surface area contributed by atoms with Crippen molar-refractivity contribution in [1.29, 1.82) is 0 Å². The van der Waals surface area contributed by atoms with Gasteiger partial charge in [-0.2, -0.15) is 0 Å². The first kappa shape index (κ1) is 10.2. The second-order valence-corrected chi connectivity index (χ2v) is 2.59. The zero-order valence-electron chi connectivity index (χ0n) is 7.78. The van der Waals surface area contributed by atoms with Gasteiger partial charge in [0.05, 0.1) is 6.54 Å². The Labute approximate surface area is 81.5 Å². The summed E-state index contributed by atoms with van der Waals surface area (Å²) in [7, 11) is 1.49. The van der Waals surface area contributed by atoms with E-state index in [0.29, 0.717) is 5.56 Å². The van der Waals surface area contributed by atoms with E-state index in [0.717, 1.165) is 0 Å². The number of pyridine rings is 1. The second-order valence-electron chi connectivity index (χ2n) is 2.59. The monoisotopic (exact) mass is 193 g/mol. The van der Waals surface area contributed by atoms with Crippen LogP contribution in [0.4, 0.5) is 4.79 Å². The zero-order valence-corrected chi connectivity index (χ0v) is 7.78. The number of urea groups is 1. The maximum atomic E-state index is 11.4. The van der Waals surface area contributed by atoms with Crippen LogP contribution in [0.1, 0.15) is 10.4 Å². The highest BCUT2D eigenvalue weighted by Gasteiger charge is 2.05. The summed E-state index contributed by atoms with van der Waals surface area (Å²) in [4.78, 5) is 25.9. The Bertz CT molecular complexity index is 324. The lowest BCUT2D eigenvalue weighted by Crippen LogP contribution is -2.36. The number of Topliss-reactive ketones (excluding diaryl/α,β-unsaturated/α-hetero) is 1. The highest BCUT2D eigenvalue weighted by molar-refractivity contribution is 5.98. The number of carbonyl (C=O) groups excluding carboxylic acids is 2. The van der Waals surface area contributed by atoms with Gasteiger partial charge in [-0.1, -0.05) is 0 Å². The van der Waals surface area contributed by atoms with Gasteiger partial charge in [-0.15, -0.1) is 0 Å². The molecule has 1 heterocycles. The number of carbonyl (C=O) groups is 2. The van der Waals surface area contributed by atoms with Crippen LogP contribution < -0.4 is 10.6 Å². The van der Waals surface area contributed by atoms with Crippen LogP contribution in [0.3, 0.4) is 0 Å². The molecule has 0 radical (unpaired) electrons. The lowest BCUT2D eigenvalue weighted by molar-refractivity contribution is 0.0992. The smallest absolute Gasteiger partial charge is 0.314 e. The Morgan fingerprint density at radius 3 is 2.57 bits per heavy atom. The van der Waals surface area contributed by atoms with Crippen LogP contribution in [-0.2, 0) is 0 Å². The van der Waals surface area contributed by atoms with Crippen molar-refractivity contribution in [2.75, 3.05) is 13.6 Å². The van der Waals surface area contributed by atoms with Crippen molar-refractivity contribution >= 4 is 11.8 Å². The van der Waals surface area contributed by atoms with Gasteiger partial charge in [0, 0.05) is 25.0 Å². The Morgan fingerprint density at radius 1 is 1.36 bits per heavy atom. The number of hydrogen-bond acceptors (Lipinski definition) is 3. The van der Waals surface area contributed by atoms with Crippen LogP contribution in [-0.4, -0.2) is 30.4 Å². The van der Waals surface area contributed by atoms with Crippen LogP contribution in [0.15, 0.2) is 24.5 Å². The summed E-state index contributed by atoms with van der Waals surface area (Å²) < 4.78 is 0. The van der Waals surface area contributed by atoms with Crippen molar-refractivity contribution < 1.29 is 9.59 Å². The highest BCUT2D eigenvalue weighted by atomic mass is 16.2. The summed E-state index contributed by atoms with van der Waals surface area (Å²) in [5.74, 6) is -0.143. The molecule has 2 amide bonds. The maximum Gasteiger partial charge on any atom is 0.314 e. The number of ketones is 1. The fraction of sp³-hybridized carbons (Fsp3) is 0.222. The summed E-state index contributed by atoms with van der Waals surface area (Å²) in [6.07, 6.45) is 3.07. The third-order valence-electron chi connectivity index (χ3n) is 1.64. The minimum atomic E-state index is -0.368. The van der Waals surface area contributed by atoms with Crippen LogP contribution in [0, 0.1) is 0 Å². The number of aromatic nitrogens is 1. The van der Waals surface area contributed by atoms with Crippen LogP contribution in [0.2, 0.25) is 0 Å². The van der Waals surface area contributed by atoms with E-state index in [9.17, 15) is 9.59 Å². The van der Waals surface area contributed by atoms with Crippen molar-refractivity contribution in [1.82, 2.24) is 15.6 Å². The number of amides is 2. The molecule has 1 aromatic heterocycles. The van der Waals surface area contributed by atoms with E-state index >= 15 is 0 Å². The summed E-state index contributed by atoms with van der Waals surface area (Å²) >= 11 is 0. The molecular formula is C9H11N3O2. The maximum absolute atomic E-state index is 11.4. The van der Waals surface area contributed by atoms with E-state index in [-0.39, 0.29) is 18.4 Å². The molecule has 0 aromatic carbocycles. The van der Waals surface area contributed by atoms with Crippen molar-refractivity contribution in [3.63, 3.8) is 0 Å². The average Bonchev–Trinajstić information content (AvgIpc) is 2.26. The minimum absolute atomic E-state index is 0.0102. The van der Waals surface area contributed by atoms with Gasteiger partial charge in [-0.25, -0.2) is 4.79 Å². The third-order valence-corrected chi connectivity index (χ3v) is 1.64. The van der Waals surface area contributed by atoms with E-state index in [1.807, 2.05) is 0 Å². The van der Waals surface area contributed by atoms with E-state index in [4.69, 9.17) is 0 Å². The van der Waals surface area contributed by atoms with Gasteiger partial charge in [-0.05, 0) is 12.1 Å². The van der Waals surface area contributed by atoms with E-state index in [1.165, 1.54) is 19.4 Å². The molecule has 0 aliphatic carbocycles. The van der Waals surface area contributed by atoms with Crippen molar-refractivity contribution in [3.05, 3.63) is 30.1 Å². The number of rotatable bonds is 3. The first-order valence-electron chi connectivity index (χ1n) is 4.13. The van der Waals surface area contributed by atoms with Gasteiger partial charge in [-0.3, -0.25) is 9.78 Å². The molecule has 0 saturated heterocycles. The zero-order chi connectivity index (χ0) is 10.4. The summed E-state index contributed by atoms with van der Waals surface area (Å²) in [6, 6.07) is 2.84. The topological polar surface area (TPSA) is 71.1 Å². The molecule has 1 aromatic rings. The molecule has 0 atom stereocenters. The first-order chi connectivity index (χ1) is 6.74. The number of nitrogens with one attached hydrogen (secondary N) is 2. The molecular weight excluding hydrogens is 182 g/mol. The van der Waals surface area contributed by atoms with Gasteiger partial charge in [0.15, 0.2) is 5.78 Å². The average molecular weight is 193 g/mol. The van der Waals surface area contributed by atoms with Crippen LogP contribution in [0.25, 0.3) is 0 Å². The summed E-state index contributed by atoms with van der Waals surface area (Å²) in [6.45, 7) is -0.0102. The Kier molecular flexibility index (Phi) is 3.60. The largest absolute Gasteiger partial charge is 0.341 e. The minimum Gasteiger partial charge on any atom is -0.341 e. The molecule has 0 aliphatic heterocycles. The molecule has 0 bridgehead atoms. The fourth-order valence-electron chi connectivity index (χ4n) is 0.889. The lowest BCUT2D eigenvalue weighted by atomic mass is 10.2. The van der Waals surface area contributed by atoms with E-state index < -0.39 is 0 Å². The van der Waals surface area contributed by atoms with Gasteiger partial charge in [0.25, 0.3) is 0 Å². The standard InChI is InChI=1S/C9H11N3O2/c1-10-9(14)12-6-8(13)7-2-4-11-5-3-7/h2-5H,6H2,1H3,(H2,10,12,14). The van der Waals surface area contributed by atoms with Crippen LogP contribution in [0.5, 0.6) is 0 Å². The second kappa shape index (κ2) is 4.96. The molecule has 74 valence electrons. The Hall–Kier alpha value is -1.91. The van der Waals surface area contributed by atoms with E-state index in [1.54, 1.807) is 12.1 Å². The van der Waals surface area contributed by atoms with Gasteiger partial charge >= 0.3 is 6.03 Å². The SMILES string of the molecule is CNC(=O)NCC(=O)c1ccncc1. The fourth-order valence-corrected chi connectivity index (χ4v) is 0.889. The Morgan fingerprint density at radius 2 is 2.00 bits per heavy atom. The summed E-state index contributed by atoms with van der Waals surface area (Å²) in [5, 5.41) is 4.77. The molecule has 0 saturated carbocycles. The number of hydrogen-bond donors (Lipinski definition) is 2. The van der Waals surface area contributed by atoms with Crippen molar-refractivity contribution in [3.8, 4) is 0 Å². The molecule has 0 aliphatic rings. The van der Waals surface area contributed by atoms with Gasteiger partial charge < -0.3 is 10.6 Å². The lowest BCUT2D eigenvalue weighted by Gasteiger charge is -2.02. The van der Waals surface area contributed by atoms with E-state index in [2.05, 4.69) is 15.6 Å². The molecule has 0 spiro atoms. The Balaban J connectivity index is 2.48. The molecule has 5 heteroatoms. The third kappa shape index (κ3) is 2.85. The van der Waals surface area contributed by atoms with Crippen molar-refractivity contribution in [2.45, 2.75) is 0 Å². The molecule has 0 unspecified atom stereocenters. The highest BCUT2D eigenvalue weighted by Crippen LogP contribution is 1.96. The predicted molar refractivity (Wildman–Crippen MR) is 51.0 cm³/mol. The van der Waals surface area contributed by atoms with Crippen molar-refractivity contribution in [2.24, 2.45) is 0 Å². The normalized spacial score (nSPS) is 9.21. The van der Waals surface area contributed by atoms with Gasteiger partial charge in [0.1, 0.15) is 0 Å². The van der Waals surface area contributed by atoms with Crippen LogP contribution >= 0.6 is 0 Å².